The Balaban J connectivity index is 1.77. The van der Waals surface area contributed by atoms with Crippen LogP contribution in [0, 0.1) is 0 Å². The minimum atomic E-state index is -2.79. The van der Waals surface area contributed by atoms with Crippen molar-refractivity contribution in [1.29, 1.82) is 0 Å². The fourth-order valence-electron chi connectivity index (χ4n) is 3.56. The minimum Gasteiger partial charge on any atom is -0.370 e. The largest absolute Gasteiger partial charge is 0.370 e. The summed E-state index contributed by atoms with van der Waals surface area (Å²) in [5.74, 6) is -0.692. The summed E-state index contributed by atoms with van der Waals surface area (Å²) in [6.45, 7) is 0.512. The highest BCUT2D eigenvalue weighted by molar-refractivity contribution is 5.97. The van der Waals surface area contributed by atoms with Crippen LogP contribution in [0.3, 0.4) is 0 Å². The molecule has 28 heavy (non-hydrogen) atoms. The van der Waals surface area contributed by atoms with Gasteiger partial charge in [-0.05, 0) is 38.1 Å². The number of morpholine rings is 1. The number of rotatable bonds is 7. The molecule has 1 heterocycles. The lowest BCUT2D eigenvalue weighted by Gasteiger charge is -2.38. The molecule has 0 aromatic heterocycles. The van der Waals surface area contributed by atoms with Crippen LogP contribution >= 0.6 is 0 Å². The zero-order valence-corrected chi connectivity index (χ0v) is 15.9. The van der Waals surface area contributed by atoms with Gasteiger partial charge in [0.1, 0.15) is 12.6 Å². The van der Waals surface area contributed by atoms with Gasteiger partial charge in [-0.3, -0.25) is 14.5 Å². The average molecular weight is 396 g/mol. The third-order valence-corrected chi connectivity index (χ3v) is 5.47. The van der Waals surface area contributed by atoms with Gasteiger partial charge in [0.15, 0.2) is 0 Å². The molecule has 1 aromatic carbocycles. The highest BCUT2D eigenvalue weighted by Gasteiger charge is 2.31. The summed E-state index contributed by atoms with van der Waals surface area (Å²) < 4.78 is 32.3. The number of likely N-dealkylation sites (N-methyl/N-ethyl adjacent to an activating group) is 1. The number of hydrogen-bond acceptors (Lipinski definition) is 5. The number of halogens is 2. The Hall–Kier alpha value is -2.10. The van der Waals surface area contributed by atoms with E-state index >= 15 is 0 Å². The van der Waals surface area contributed by atoms with E-state index in [1.165, 1.54) is 23.1 Å². The Morgan fingerprint density at radius 2 is 2.18 bits per heavy atom. The molecule has 1 saturated carbocycles. The Morgan fingerprint density at radius 1 is 1.43 bits per heavy atom. The number of ether oxygens (including phenoxy) is 1. The second kappa shape index (κ2) is 8.93. The zero-order valence-electron chi connectivity index (χ0n) is 15.9. The Bertz CT molecular complexity index is 727. The number of carbonyl (C=O) groups excluding carboxylic acids is 2. The van der Waals surface area contributed by atoms with Crippen LogP contribution in [0.2, 0.25) is 0 Å². The molecule has 9 heteroatoms. The highest BCUT2D eigenvalue weighted by Crippen LogP contribution is 2.33. The molecule has 1 aliphatic carbocycles. The topological polar surface area (TPSA) is 87.9 Å². The number of nitrogens with two attached hydrogens (primary N) is 1. The van der Waals surface area contributed by atoms with Gasteiger partial charge in [-0.15, -0.1) is 0 Å². The molecular formula is C19H26F2N4O3. The number of anilines is 2. The lowest BCUT2D eigenvalue weighted by atomic mass is 9.90. The molecular weight excluding hydrogens is 370 g/mol. The Labute approximate surface area is 162 Å². The Kier molecular flexibility index (Phi) is 6.58. The van der Waals surface area contributed by atoms with Crippen molar-refractivity contribution in [2.75, 3.05) is 43.6 Å². The summed E-state index contributed by atoms with van der Waals surface area (Å²) in [6, 6.07) is 3.98. The SMILES string of the molecule is CN(C1CCC1)[C@H](CN)C(=O)Nc1ccc(N2CCOCC2=O)c(C(F)F)c1. The van der Waals surface area contributed by atoms with Crippen LogP contribution in [0.1, 0.15) is 31.3 Å². The van der Waals surface area contributed by atoms with Crippen LogP contribution in [0.4, 0.5) is 20.2 Å². The fraction of sp³-hybridized carbons (Fsp3) is 0.579. The lowest BCUT2D eigenvalue weighted by Crippen LogP contribution is -2.52. The van der Waals surface area contributed by atoms with Gasteiger partial charge in [0.2, 0.25) is 5.91 Å². The van der Waals surface area contributed by atoms with Crippen LogP contribution < -0.4 is 16.0 Å². The van der Waals surface area contributed by atoms with Gasteiger partial charge in [0.25, 0.3) is 12.3 Å². The quantitative estimate of drug-likeness (QED) is 0.733. The van der Waals surface area contributed by atoms with E-state index in [0.717, 1.165) is 19.3 Å². The third kappa shape index (κ3) is 4.31. The highest BCUT2D eigenvalue weighted by atomic mass is 19.3. The van der Waals surface area contributed by atoms with Crippen molar-refractivity contribution in [1.82, 2.24) is 4.90 Å². The Morgan fingerprint density at radius 3 is 2.75 bits per heavy atom. The first kappa shape index (κ1) is 20.6. The predicted molar refractivity (Wildman–Crippen MR) is 101 cm³/mol. The van der Waals surface area contributed by atoms with Crippen LogP contribution in [-0.4, -0.2) is 62.1 Å². The van der Waals surface area contributed by atoms with Crippen LogP contribution in [0.15, 0.2) is 18.2 Å². The monoisotopic (exact) mass is 396 g/mol. The van der Waals surface area contributed by atoms with E-state index in [-0.39, 0.29) is 48.4 Å². The number of hydrogen-bond donors (Lipinski definition) is 2. The van der Waals surface area contributed by atoms with Gasteiger partial charge >= 0.3 is 0 Å². The number of nitrogens with one attached hydrogen (secondary N) is 1. The summed E-state index contributed by atoms with van der Waals surface area (Å²) in [7, 11) is 1.86. The first-order valence-corrected chi connectivity index (χ1v) is 9.45. The van der Waals surface area contributed by atoms with E-state index in [0.29, 0.717) is 12.6 Å². The zero-order chi connectivity index (χ0) is 20.3. The van der Waals surface area contributed by atoms with Gasteiger partial charge in [-0.2, -0.15) is 0 Å². The standard InChI is InChI=1S/C19H26F2N4O3/c1-24(13-3-2-4-13)16(10-22)19(27)23-12-5-6-15(14(9-12)18(20)21)25-7-8-28-11-17(25)26/h5-6,9,13,16,18H,2-4,7-8,10-11,22H2,1H3,(H,23,27)/t16-/m1/s1. The van der Waals surface area contributed by atoms with E-state index in [1.807, 2.05) is 11.9 Å². The van der Waals surface area contributed by atoms with Crippen molar-refractivity contribution in [2.45, 2.75) is 37.8 Å². The van der Waals surface area contributed by atoms with Gasteiger partial charge < -0.3 is 20.7 Å². The maximum Gasteiger partial charge on any atom is 0.265 e. The van der Waals surface area contributed by atoms with E-state index in [4.69, 9.17) is 10.5 Å². The maximum absolute atomic E-state index is 13.6. The molecule has 0 spiro atoms. The van der Waals surface area contributed by atoms with Gasteiger partial charge in [-0.25, -0.2) is 8.78 Å². The van der Waals surface area contributed by atoms with Crippen molar-refractivity contribution in [3.63, 3.8) is 0 Å². The molecule has 0 radical (unpaired) electrons. The normalized spacial score (nSPS) is 19.1. The molecule has 2 fully saturated rings. The lowest BCUT2D eigenvalue weighted by molar-refractivity contribution is -0.125. The molecule has 0 bridgehead atoms. The smallest absolute Gasteiger partial charge is 0.265 e. The van der Waals surface area contributed by atoms with Gasteiger partial charge in [0.05, 0.1) is 12.3 Å². The van der Waals surface area contributed by atoms with Gasteiger partial charge in [-0.1, -0.05) is 6.42 Å². The van der Waals surface area contributed by atoms with Crippen molar-refractivity contribution >= 4 is 23.2 Å². The molecule has 0 unspecified atom stereocenters. The second-order valence-electron chi connectivity index (χ2n) is 7.16. The molecule has 7 nitrogen and oxygen atoms in total. The second-order valence-corrected chi connectivity index (χ2v) is 7.16. The first-order chi connectivity index (χ1) is 13.4. The molecule has 154 valence electrons. The third-order valence-electron chi connectivity index (χ3n) is 5.47. The van der Waals surface area contributed by atoms with Crippen LogP contribution in [-0.2, 0) is 14.3 Å². The number of amides is 2. The predicted octanol–water partition coefficient (Wildman–Crippen LogP) is 1.74. The molecule has 2 amide bonds. The van der Waals surface area contributed by atoms with Crippen LogP contribution in [0.25, 0.3) is 0 Å². The van der Waals surface area contributed by atoms with Crippen molar-refractivity contribution in [2.24, 2.45) is 5.73 Å². The summed E-state index contributed by atoms with van der Waals surface area (Å²) in [6.07, 6.45) is 0.397. The van der Waals surface area contributed by atoms with E-state index in [2.05, 4.69) is 5.32 Å². The number of alkyl halides is 2. The average Bonchev–Trinajstić information content (AvgIpc) is 2.61. The molecule has 2 aliphatic rings. The molecule has 1 atom stereocenters. The van der Waals surface area contributed by atoms with Crippen molar-refractivity contribution in [3.05, 3.63) is 23.8 Å². The number of nitrogens with zero attached hydrogens (tertiary/aromatic N) is 2. The summed E-state index contributed by atoms with van der Waals surface area (Å²) in [5.41, 5.74) is 5.88. The fourth-order valence-corrected chi connectivity index (χ4v) is 3.56. The van der Waals surface area contributed by atoms with E-state index in [1.54, 1.807) is 0 Å². The van der Waals surface area contributed by atoms with Crippen LogP contribution in [0.5, 0.6) is 0 Å². The van der Waals surface area contributed by atoms with E-state index < -0.39 is 12.5 Å². The first-order valence-electron chi connectivity index (χ1n) is 9.45. The molecule has 1 saturated heterocycles. The maximum atomic E-state index is 13.6. The van der Waals surface area contributed by atoms with Crippen molar-refractivity contribution in [3.8, 4) is 0 Å². The number of carbonyl (C=O) groups is 2. The summed E-state index contributed by atoms with van der Waals surface area (Å²) in [4.78, 5) is 27.9. The minimum absolute atomic E-state index is 0.132. The molecule has 1 aromatic rings. The summed E-state index contributed by atoms with van der Waals surface area (Å²) >= 11 is 0. The van der Waals surface area contributed by atoms with Gasteiger partial charge in [0, 0.05) is 30.4 Å². The number of benzene rings is 1. The van der Waals surface area contributed by atoms with E-state index in [9.17, 15) is 18.4 Å². The molecule has 3 N–H and O–H groups in total. The summed E-state index contributed by atoms with van der Waals surface area (Å²) in [5, 5.41) is 2.69. The molecule has 1 aliphatic heterocycles. The van der Waals surface area contributed by atoms with Crippen molar-refractivity contribution < 1.29 is 23.1 Å². The molecule has 3 rings (SSSR count).